The van der Waals surface area contributed by atoms with E-state index < -0.39 is 47.9 Å². The summed E-state index contributed by atoms with van der Waals surface area (Å²) in [6.07, 6.45) is 0.639. The molecule has 9 nitrogen and oxygen atoms in total. The first-order valence-electron chi connectivity index (χ1n) is 11.1. The molecule has 0 radical (unpaired) electrons. The third-order valence-electron chi connectivity index (χ3n) is 5.52. The van der Waals surface area contributed by atoms with Gasteiger partial charge in [-0.15, -0.1) is 0 Å². The zero-order chi connectivity index (χ0) is 25.3. The number of ether oxygens (including phenoxy) is 3. The molecule has 0 aliphatic carbocycles. The number of hydrogen-bond acceptors (Lipinski definition) is 8. The Morgan fingerprint density at radius 3 is 1.91 bits per heavy atom. The molecule has 0 heterocycles. The van der Waals surface area contributed by atoms with Crippen LogP contribution in [-0.2, 0) is 23.9 Å². The first-order valence-corrected chi connectivity index (χ1v) is 11.1. The maximum Gasteiger partial charge on any atom is 0.321 e. The monoisotopic (exact) mass is 465 g/mol. The van der Waals surface area contributed by atoms with Crippen LogP contribution in [0, 0.1) is 11.8 Å². The summed E-state index contributed by atoms with van der Waals surface area (Å²) >= 11 is 0. The number of benzene rings is 1. The maximum absolute atomic E-state index is 12.5. The predicted molar refractivity (Wildman–Crippen MR) is 121 cm³/mol. The van der Waals surface area contributed by atoms with Crippen molar-refractivity contribution < 1.29 is 38.5 Å². The zero-order valence-electron chi connectivity index (χ0n) is 20.1. The van der Waals surface area contributed by atoms with E-state index in [1.54, 1.807) is 26.8 Å². The molecule has 0 aliphatic heterocycles. The number of carbonyl (C=O) groups excluding carboxylic acids is 3. The topological polar surface area (TPSA) is 142 Å². The lowest BCUT2D eigenvalue weighted by molar-refractivity contribution is -0.146. The van der Waals surface area contributed by atoms with E-state index in [1.807, 2.05) is 13.8 Å². The lowest BCUT2D eigenvalue weighted by atomic mass is 9.87. The van der Waals surface area contributed by atoms with E-state index in [-0.39, 0.29) is 23.8 Å². The van der Waals surface area contributed by atoms with E-state index in [0.29, 0.717) is 18.4 Å². The van der Waals surface area contributed by atoms with Crippen LogP contribution in [0.5, 0.6) is 11.5 Å². The van der Waals surface area contributed by atoms with Gasteiger partial charge < -0.3 is 25.1 Å². The Labute approximate surface area is 194 Å². The minimum absolute atomic E-state index is 0.00261. The molecule has 0 aromatic heterocycles. The van der Waals surface area contributed by atoms with Crippen LogP contribution in [0.1, 0.15) is 72.3 Å². The smallest absolute Gasteiger partial charge is 0.321 e. The fourth-order valence-electron chi connectivity index (χ4n) is 3.02. The van der Waals surface area contributed by atoms with E-state index in [4.69, 9.17) is 19.9 Å². The third-order valence-corrected chi connectivity index (χ3v) is 5.52. The first kappa shape index (κ1) is 28.1. The van der Waals surface area contributed by atoms with Gasteiger partial charge in [-0.3, -0.25) is 19.2 Å². The molecule has 9 heteroatoms. The van der Waals surface area contributed by atoms with Crippen molar-refractivity contribution in [3.05, 3.63) is 23.8 Å². The van der Waals surface area contributed by atoms with Crippen molar-refractivity contribution in [2.24, 2.45) is 17.6 Å². The number of esters is 3. The fraction of sp³-hybridized carbons (Fsp3) is 0.583. The Hall–Kier alpha value is -2.94. The summed E-state index contributed by atoms with van der Waals surface area (Å²) in [7, 11) is 0. The summed E-state index contributed by atoms with van der Waals surface area (Å²) in [5.74, 6) is -4.20. The predicted octanol–water partition coefficient (Wildman–Crippen LogP) is 3.43. The highest BCUT2D eigenvalue weighted by Crippen LogP contribution is 2.35. The molecule has 0 bridgehead atoms. The SMILES string of the molecule is CCC(C)C(=O)Oc1ccc(C(CC(C)OC(C)=O)[C@H](N)C(=O)O)cc1OC(=O)C(C)CC. The highest BCUT2D eigenvalue weighted by molar-refractivity contribution is 5.79. The molecule has 0 aliphatic rings. The van der Waals surface area contributed by atoms with E-state index in [9.17, 15) is 24.3 Å². The van der Waals surface area contributed by atoms with Crippen LogP contribution in [0.15, 0.2) is 18.2 Å². The molecule has 1 aromatic rings. The van der Waals surface area contributed by atoms with Crippen LogP contribution in [0.2, 0.25) is 0 Å². The van der Waals surface area contributed by atoms with Crippen molar-refractivity contribution >= 4 is 23.9 Å². The van der Waals surface area contributed by atoms with Crippen molar-refractivity contribution in [3.63, 3.8) is 0 Å². The second kappa shape index (κ2) is 12.9. The first-order chi connectivity index (χ1) is 15.4. The number of aliphatic carboxylic acids is 1. The van der Waals surface area contributed by atoms with E-state index >= 15 is 0 Å². The minimum atomic E-state index is -1.31. The molecule has 0 fully saturated rings. The van der Waals surface area contributed by atoms with Gasteiger partial charge in [-0.05, 0) is 43.9 Å². The lowest BCUT2D eigenvalue weighted by Crippen LogP contribution is -2.38. The van der Waals surface area contributed by atoms with Gasteiger partial charge in [0, 0.05) is 12.8 Å². The van der Waals surface area contributed by atoms with Crippen LogP contribution >= 0.6 is 0 Å². The normalized spacial score (nSPS) is 15.5. The van der Waals surface area contributed by atoms with Gasteiger partial charge >= 0.3 is 23.9 Å². The summed E-state index contributed by atoms with van der Waals surface area (Å²) in [6, 6.07) is 3.16. The summed E-state index contributed by atoms with van der Waals surface area (Å²) in [6.45, 7) is 10.0. The minimum Gasteiger partial charge on any atom is -0.480 e. The molecular weight excluding hydrogens is 430 g/mol. The van der Waals surface area contributed by atoms with Crippen LogP contribution in [0.4, 0.5) is 0 Å². The molecule has 33 heavy (non-hydrogen) atoms. The number of carboxylic acid groups (broad SMARTS) is 1. The van der Waals surface area contributed by atoms with Crippen LogP contribution in [-0.4, -0.2) is 41.1 Å². The van der Waals surface area contributed by atoms with Crippen LogP contribution < -0.4 is 15.2 Å². The molecule has 4 unspecified atom stereocenters. The van der Waals surface area contributed by atoms with Crippen molar-refractivity contribution in [1.82, 2.24) is 0 Å². The van der Waals surface area contributed by atoms with Crippen molar-refractivity contribution in [1.29, 1.82) is 0 Å². The molecule has 1 rings (SSSR count). The fourth-order valence-corrected chi connectivity index (χ4v) is 3.02. The van der Waals surface area contributed by atoms with Crippen molar-refractivity contribution in [2.75, 3.05) is 0 Å². The van der Waals surface area contributed by atoms with Gasteiger partial charge in [0.15, 0.2) is 11.5 Å². The molecule has 184 valence electrons. The summed E-state index contributed by atoms with van der Waals surface area (Å²) < 4.78 is 16.1. The Kier molecular flexibility index (Phi) is 11.0. The Morgan fingerprint density at radius 2 is 1.45 bits per heavy atom. The molecule has 5 atom stereocenters. The molecule has 0 saturated heterocycles. The number of nitrogens with two attached hydrogens (primary N) is 1. The van der Waals surface area contributed by atoms with Crippen LogP contribution in [0.3, 0.4) is 0 Å². The molecule has 1 aromatic carbocycles. The average Bonchev–Trinajstić information content (AvgIpc) is 2.76. The second-order valence-electron chi connectivity index (χ2n) is 8.29. The summed E-state index contributed by atoms with van der Waals surface area (Å²) in [5, 5.41) is 9.50. The van der Waals surface area contributed by atoms with Crippen molar-refractivity contribution in [3.8, 4) is 11.5 Å². The van der Waals surface area contributed by atoms with E-state index in [2.05, 4.69) is 0 Å². The molecule has 0 saturated carbocycles. The largest absolute Gasteiger partial charge is 0.480 e. The highest BCUT2D eigenvalue weighted by Gasteiger charge is 2.30. The van der Waals surface area contributed by atoms with E-state index in [1.165, 1.54) is 19.1 Å². The molecule has 3 N–H and O–H groups in total. The Bertz CT molecular complexity index is 853. The van der Waals surface area contributed by atoms with Gasteiger partial charge in [-0.1, -0.05) is 33.8 Å². The van der Waals surface area contributed by atoms with Gasteiger partial charge in [-0.2, -0.15) is 0 Å². The average molecular weight is 466 g/mol. The van der Waals surface area contributed by atoms with Gasteiger partial charge in [0.25, 0.3) is 0 Å². The molecular formula is C24H35NO8. The lowest BCUT2D eigenvalue weighted by Gasteiger charge is -2.25. The highest BCUT2D eigenvalue weighted by atomic mass is 16.6. The summed E-state index contributed by atoms with van der Waals surface area (Å²) in [4.78, 5) is 47.7. The second-order valence-corrected chi connectivity index (χ2v) is 8.29. The maximum atomic E-state index is 12.5. The quantitative estimate of drug-likeness (QED) is 0.350. The Morgan fingerprint density at radius 1 is 0.939 bits per heavy atom. The van der Waals surface area contributed by atoms with Gasteiger partial charge in [-0.25, -0.2) is 0 Å². The number of hydrogen-bond donors (Lipinski definition) is 2. The van der Waals surface area contributed by atoms with Crippen LogP contribution in [0.25, 0.3) is 0 Å². The van der Waals surface area contributed by atoms with Crippen molar-refractivity contribution in [2.45, 2.75) is 78.9 Å². The standard InChI is InChI=1S/C24H35NO8/c1-7-13(3)23(29)32-19-10-9-17(12-20(19)33-24(30)14(4)8-2)18(21(25)22(27)28)11-15(5)31-16(6)26/h9-10,12-15,18,21H,7-8,11,25H2,1-6H3,(H,27,28)/t13?,14?,15?,18?,21-/m0/s1. The third kappa shape index (κ3) is 8.49. The van der Waals surface area contributed by atoms with Gasteiger partial charge in [0.05, 0.1) is 17.9 Å². The van der Waals surface area contributed by atoms with Gasteiger partial charge in [0.1, 0.15) is 6.04 Å². The number of carboxylic acids is 1. The van der Waals surface area contributed by atoms with E-state index in [0.717, 1.165) is 0 Å². The van der Waals surface area contributed by atoms with Gasteiger partial charge in [0.2, 0.25) is 0 Å². The summed E-state index contributed by atoms with van der Waals surface area (Å²) in [5.41, 5.74) is 6.38. The number of rotatable bonds is 12. The Balaban J connectivity index is 3.42. The molecule has 0 amide bonds. The number of carbonyl (C=O) groups is 4. The molecule has 0 spiro atoms. The zero-order valence-corrected chi connectivity index (χ0v) is 20.1.